The highest BCUT2D eigenvalue weighted by Crippen LogP contribution is 2.33. The van der Waals surface area contributed by atoms with E-state index < -0.39 is 0 Å². The number of rotatable bonds is 5. The monoisotopic (exact) mass is 361 g/mol. The zero-order valence-electron chi connectivity index (χ0n) is 15.5. The van der Waals surface area contributed by atoms with Crippen LogP contribution in [0.15, 0.2) is 127 Å². The van der Waals surface area contributed by atoms with Gasteiger partial charge in [0.15, 0.2) is 0 Å². The SMILES string of the molecule is [c]1ccc(C=C(C2=CC=CC=CN2)N(c2ccccc2)c2ccccc2)cc1. The van der Waals surface area contributed by atoms with Crippen LogP contribution in [-0.2, 0) is 0 Å². The summed E-state index contributed by atoms with van der Waals surface area (Å²) in [5.74, 6) is 0. The second-order valence-electron chi connectivity index (χ2n) is 6.34. The Balaban J connectivity index is 1.91. The van der Waals surface area contributed by atoms with Gasteiger partial charge in [-0.15, -0.1) is 0 Å². The van der Waals surface area contributed by atoms with Crippen LogP contribution in [0.3, 0.4) is 0 Å². The highest BCUT2D eigenvalue weighted by Gasteiger charge is 2.18. The summed E-state index contributed by atoms with van der Waals surface area (Å²) in [4.78, 5) is 2.27. The lowest BCUT2D eigenvalue weighted by molar-refractivity contribution is 1.03. The molecule has 0 saturated carbocycles. The van der Waals surface area contributed by atoms with E-state index >= 15 is 0 Å². The molecule has 1 radical (unpaired) electrons. The summed E-state index contributed by atoms with van der Waals surface area (Å²) in [6.07, 6.45) is 12.3. The first-order valence-corrected chi connectivity index (χ1v) is 9.30. The quantitative estimate of drug-likeness (QED) is 0.580. The second-order valence-corrected chi connectivity index (χ2v) is 6.34. The lowest BCUT2D eigenvalue weighted by atomic mass is 10.1. The maximum Gasteiger partial charge on any atom is 0.0702 e. The van der Waals surface area contributed by atoms with Gasteiger partial charge in [0.25, 0.3) is 0 Å². The van der Waals surface area contributed by atoms with Crippen LogP contribution < -0.4 is 10.2 Å². The summed E-state index contributed by atoms with van der Waals surface area (Å²) in [6.45, 7) is 0. The topological polar surface area (TPSA) is 15.3 Å². The molecule has 0 bridgehead atoms. The number of nitrogens with zero attached hydrogens (tertiary/aromatic N) is 1. The van der Waals surface area contributed by atoms with E-state index in [0.717, 1.165) is 28.3 Å². The molecule has 0 saturated heterocycles. The standard InChI is InChI=1S/C26H21N2/c1-5-13-22(14-6-1)21-26(25-19-11-4-12-20-27-25)28(23-15-7-2-8-16-23)24-17-9-3-10-18-24/h2-21,27H. The Bertz CT molecular complexity index is 974. The molecule has 0 aromatic heterocycles. The fourth-order valence-corrected chi connectivity index (χ4v) is 3.11. The molecule has 0 spiro atoms. The van der Waals surface area contributed by atoms with Crippen LogP contribution in [0.1, 0.15) is 5.56 Å². The van der Waals surface area contributed by atoms with Gasteiger partial charge < -0.3 is 10.2 Å². The van der Waals surface area contributed by atoms with E-state index in [0.29, 0.717) is 0 Å². The fraction of sp³-hybridized carbons (Fsp3) is 0. The van der Waals surface area contributed by atoms with Crippen molar-refractivity contribution in [1.82, 2.24) is 5.32 Å². The Morgan fingerprint density at radius 2 is 1.39 bits per heavy atom. The minimum atomic E-state index is 1.02. The van der Waals surface area contributed by atoms with E-state index in [-0.39, 0.29) is 0 Å². The summed E-state index contributed by atoms with van der Waals surface area (Å²) in [6, 6.07) is 31.9. The van der Waals surface area contributed by atoms with Crippen LogP contribution in [-0.4, -0.2) is 0 Å². The van der Waals surface area contributed by atoms with Gasteiger partial charge >= 0.3 is 0 Å². The Morgan fingerprint density at radius 3 is 2.04 bits per heavy atom. The van der Waals surface area contributed by atoms with Gasteiger partial charge in [-0.1, -0.05) is 72.8 Å². The molecule has 135 valence electrons. The van der Waals surface area contributed by atoms with Crippen molar-refractivity contribution < 1.29 is 0 Å². The normalized spacial score (nSPS) is 13.4. The molecule has 1 heterocycles. The molecule has 0 unspecified atom stereocenters. The molecule has 2 nitrogen and oxygen atoms in total. The average Bonchev–Trinajstić information content (AvgIpc) is 3.05. The van der Waals surface area contributed by atoms with E-state index in [4.69, 9.17) is 0 Å². The molecule has 0 aliphatic carbocycles. The van der Waals surface area contributed by atoms with Gasteiger partial charge in [0.2, 0.25) is 0 Å². The van der Waals surface area contributed by atoms with Crippen molar-refractivity contribution in [3.63, 3.8) is 0 Å². The third kappa shape index (κ3) is 4.13. The lowest BCUT2D eigenvalue weighted by Crippen LogP contribution is -2.22. The molecule has 2 heteroatoms. The van der Waals surface area contributed by atoms with Gasteiger partial charge in [-0.05, 0) is 54.1 Å². The van der Waals surface area contributed by atoms with Crippen LogP contribution in [0.2, 0.25) is 0 Å². The average molecular weight is 361 g/mol. The van der Waals surface area contributed by atoms with Crippen LogP contribution in [0, 0.1) is 6.07 Å². The third-order valence-electron chi connectivity index (χ3n) is 4.41. The van der Waals surface area contributed by atoms with Crippen molar-refractivity contribution in [2.45, 2.75) is 0 Å². The highest BCUT2D eigenvalue weighted by molar-refractivity contribution is 5.76. The predicted molar refractivity (Wildman–Crippen MR) is 118 cm³/mol. The van der Waals surface area contributed by atoms with E-state index in [1.807, 2.05) is 48.7 Å². The minimum Gasteiger partial charge on any atom is -0.360 e. The Labute approximate surface area is 166 Å². The zero-order valence-corrected chi connectivity index (χ0v) is 15.5. The molecule has 1 aliphatic heterocycles. The smallest absolute Gasteiger partial charge is 0.0702 e. The number of para-hydroxylation sites is 2. The van der Waals surface area contributed by atoms with Crippen LogP contribution in [0.5, 0.6) is 0 Å². The molecular weight excluding hydrogens is 340 g/mol. The number of nitrogens with one attached hydrogen (secondary N) is 1. The first-order valence-electron chi connectivity index (χ1n) is 9.30. The largest absolute Gasteiger partial charge is 0.360 e. The third-order valence-corrected chi connectivity index (χ3v) is 4.41. The van der Waals surface area contributed by atoms with Crippen molar-refractivity contribution in [2.75, 3.05) is 4.90 Å². The molecule has 1 N–H and O–H groups in total. The maximum absolute atomic E-state index is 3.42. The van der Waals surface area contributed by atoms with Crippen LogP contribution in [0.4, 0.5) is 11.4 Å². The molecule has 1 aliphatic rings. The van der Waals surface area contributed by atoms with Crippen molar-refractivity contribution in [1.29, 1.82) is 0 Å². The van der Waals surface area contributed by atoms with E-state index in [2.05, 4.69) is 89.1 Å². The Hall–Kier alpha value is -3.78. The Kier molecular flexibility index (Phi) is 5.50. The molecule has 0 fully saturated rings. The molecule has 4 rings (SSSR count). The fourth-order valence-electron chi connectivity index (χ4n) is 3.11. The van der Waals surface area contributed by atoms with Gasteiger partial charge in [-0.3, -0.25) is 0 Å². The number of anilines is 2. The van der Waals surface area contributed by atoms with Gasteiger partial charge in [-0.2, -0.15) is 0 Å². The highest BCUT2D eigenvalue weighted by atomic mass is 15.2. The van der Waals surface area contributed by atoms with Gasteiger partial charge in [-0.25, -0.2) is 0 Å². The Morgan fingerprint density at radius 1 is 0.750 bits per heavy atom. The van der Waals surface area contributed by atoms with Crippen LogP contribution in [0.25, 0.3) is 6.08 Å². The maximum atomic E-state index is 3.42. The number of hydrogen-bond acceptors (Lipinski definition) is 2. The second kappa shape index (κ2) is 8.74. The predicted octanol–water partition coefficient (Wildman–Crippen LogP) is 6.22. The number of hydrogen-bond donors (Lipinski definition) is 1. The van der Waals surface area contributed by atoms with E-state index in [1.165, 1.54) is 0 Å². The van der Waals surface area contributed by atoms with Gasteiger partial charge in [0.05, 0.1) is 11.4 Å². The first-order chi connectivity index (χ1) is 13.9. The van der Waals surface area contributed by atoms with E-state index in [9.17, 15) is 0 Å². The zero-order chi connectivity index (χ0) is 19.0. The summed E-state index contributed by atoms with van der Waals surface area (Å²) in [5, 5.41) is 3.42. The lowest BCUT2D eigenvalue weighted by Gasteiger charge is -2.29. The molecule has 28 heavy (non-hydrogen) atoms. The van der Waals surface area contributed by atoms with Crippen molar-refractivity contribution in [2.24, 2.45) is 0 Å². The molecular formula is C26H21N2. The molecule has 3 aromatic rings. The molecule has 3 aromatic carbocycles. The van der Waals surface area contributed by atoms with Gasteiger partial charge in [0, 0.05) is 17.6 Å². The summed E-state index contributed by atoms with van der Waals surface area (Å²) >= 11 is 0. The summed E-state index contributed by atoms with van der Waals surface area (Å²) in [5.41, 5.74) is 5.39. The number of allylic oxidation sites excluding steroid dienone is 4. The minimum absolute atomic E-state index is 1.02. The first kappa shape index (κ1) is 17.6. The summed E-state index contributed by atoms with van der Waals surface area (Å²) < 4.78 is 0. The van der Waals surface area contributed by atoms with Crippen molar-refractivity contribution >= 4 is 17.5 Å². The van der Waals surface area contributed by atoms with Crippen LogP contribution >= 0.6 is 0 Å². The van der Waals surface area contributed by atoms with Crippen molar-refractivity contribution in [3.8, 4) is 0 Å². The van der Waals surface area contributed by atoms with Gasteiger partial charge in [0.1, 0.15) is 0 Å². The summed E-state index contributed by atoms with van der Waals surface area (Å²) in [7, 11) is 0. The van der Waals surface area contributed by atoms with E-state index in [1.54, 1.807) is 0 Å². The number of benzene rings is 3. The van der Waals surface area contributed by atoms with Crippen molar-refractivity contribution in [3.05, 3.63) is 138 Å². The molecule has 0 atom stereocenters. The molecule has 0 amide bonds.